The normalized spacial score (nSPS) is 14.4. The molecule has 1 heterocycles. The molecule has 1 aliphatic rings. The van der Waals surface area contributed by atoms with Crippen LogP contribution in [0.2, 0.25) is 0 Å². The second kappa shape index (κ2) is 7.04. The lowest BCUT2D eigenvalue weighted by atomic mass is 10.2. The van der Waals surface area contributed by atoms with Gasteiger partial charge >= 0.3 is 5.97 Å². The van der Waals surface area contributed by atoms with Crippen molar-refractivity contribution in [3.63, 3.8) is 0 Å². The Bertz CT molecular complexity index is 541. The van der Waals surface area contributed by atoms with Crippen LogP contribution in [-0.2, 0) is 25.5 Å². The van der Waals surface area contributed by atoms with Crippen LogP contribution in [0.25, 0.3) is 0 Å². The van der Waals surface area contributed by atoms with E-state index in [1.54, 1.807) is 17.9 Å². The molecule has 1 aromatic rings. The molecule has 112 valence electrons. The van der Waals surface area contributed by atoms with Crippen molar-refractivity contribution in [2.45, 2.75) is 19.4 Å². The summed E-state index contributed by atoms with van der Waals surface area (Å²) in [5.41, 5.74) is 2.04. The minimum absolute atomic E-state index is 0.218. The van der Waals surface area contributed by atoms with E-state index in [2.05, 4.69) is 6.58 Å². The molecule has 2 rings (SSSR count). The molecule has 0 saturated carbocycles. The lowest BCUT2D eigenvalue weighted by Crippen LogP contribution is -2.35. The maximum atomic E-state index is 12.1. The fourth-order valence-corrected chi connectivity index (χ4v) is 2.21. The maximum absolute atomic E-state index is 12.1. The van der Waals surface area contributed by atoms with Crippen LogP contribution >= 0.6 is 0 Å². The molecule has 5 heteroatoms. The molecular weight excluding hydrogens is 270 g/mol. The number of nitrogens with zero attached hydrogens (tertiary/aromatic N) is 1. The lowest BCUT2D eigenvalue weighted by Gasteiger charge is -2.18. The molecule has 0 fully saturated rings. The number of esters is 1. The van der Waals surface area contributed by atoms with Crippen LogP contribution in [0, 0.1) is 0 Å². The summed E-state index contributed by atoms with van der Waals surface area (Å²) in [6.45, 7) is 5.71. The highest BCUT2D eigenvalue weighted by Gasteiger charge is 2.25. The standard InChI is InChI=1S/C16H19NO4/c1-3-10-20-12(2)16(19)21-11-15(18)17-9-8-13-6-4-5-7-14(13)17/h3-7,12H,1,8-11H2,2H3. The summed E-state index contributed by atoms with van der Waals surface area (Å²) in [6.07, 6.45) is 1.67. The average molecular weight is 289 g/mol. The minimum atomic E-state index is -0.707. The first-order chi connectivity index (χ1) is 10.1. The summed E-state index contributed by atoms with van der Waals surface area (Å²) in [4.78, 5) is 25.5. The molecule has 1 atom stereocenters. The summed E-state index contributed by atoms with van der Waals surface area (Å²) < 4.78 is 10.2. The van der Waals surface area contributed by atoms with Gasteiger partial charge in [0.2, 0.25) is 0 Å². The molecule has 0 bridgehead atoms. The smallest absolute Gasteiger partial charge is 0.335 e. The highest BCUT2D eigenvalue weighted by Crippen LogP contribution is 2.27. The second-order valence-corrected chi connectivity index (χ2v) is 4.80. The topological polar surface area (TPSA) is 55.8 Å². The van der Waals surface area contributed by atoms with Crippen molar-refractivity contribution in [2.24, 2.45) is 0 Å². The summed E-state index contributed by atoms with van der Waals surface area (Å²) >= 11 is 0. The van der Waals surface area contributed by atoms with Crippen LogP contribution in [-0.4, -0.2) is 37.7 Å². The van der Waals surface area contributed by atoms with Gasteiger partial charge in [0.25, 0.3) is 5.91 Å². The van der Waals surface area contributed by atoms with E-state index in [0.29, 0.717) is 6.54 Å². The predicted molar refractivity (Wildman–Crippen MR) is 79.1 cm³/mol. The zero-order valence-electron chi connectivity index (χ0n) is 12.1. The Balaban J connectivity index is 1.86. The molecule has 0 saturated heterocycles. The number of anilines is 1. The minimum Gasteiger partial charge on any atom is -0.454 e. The quantitative estimate of drug-likeness (QED) is 0.591. The molecule has 1 unspecified atom stereocenters. The van der Waals surface area contributed by atoms with Gasteiger partial charge in [-0.05, 0) is 25.0 Å². The van der Waals surface area contributed by atoms with Gasteiger partial charge in [0, 0.05) is 12.2 Å². The Morgan fingerprint density at radius 2 is 2.19 bits per heavy atom. The van der Waals surface area contributed by atoms with Crippen LogP contribution in [0.1, 0.15) is 12.5 Å². The Kier molecular flexibility index (Phi) is 5.11. The summed E-state index contributed by atoms with van der Waals surface area (Å²) in [5, 5.41) is 0. The van der Waals surface area contributed by atoms with Gasteiger partial charge in [-0.15, -0.1) is 6.58 Å². The van der Waals surface area contributed by atoms with Crippen molar-refractivity contribution in [3.8, 4) is 0 Å². The molecule has 0 aliphatic carbocycles. The van der Waals surface area contributed by atoms with Crippen LogP contribution in [0.5, 0.6) is 0 Å². The van der Waals surface area contributed by atoms with Gasteiger partial charge in [-0.1, -0.05) is 24.3 Å². The van der Waals surface area contributed by atoms with Gasteiger partial charge in [0.15, 0.2) is 12.7 Å². The fraction of sp³-hybridized carbons (Fsp3) is 0.375. The van der Waals surface area contributed by atoms with Gasteiger partial charge in [-0.25, -0.2) is 4.79 Å². The van der Waals surface area contributed by atoms with Crippen LogP contribution in [0.15, 0.2) is 36.9 Å². The first-order valence-electron chi connectivity index (χ1n) is 6.91. The molecule has 21 heavy (non-hydrogen) atoms. The molecule has 0 radical (unpaired) electrons. The third-order valence-electron chi connectivity index (χ3n) is 3.32. The highest BCUT2D eigenvalue weighted by atomic mass is 16.6. The number of hydrogen-bond donors (Lipinski definition) is 0. The molecule has 0 spiro atoms. The summed E-state index contributed by atoms with van der Waals surface area (Å²) in [7, 11) is 0. The van der Waals surface area contributed by atoms with Crippen LogP contribution < -0.4 is 4.90 Å². The van der Waals surface area contributed by atoms with Crippen molar-refractivity contribution in [3.05, 3.63) is 42.5 Å². The number of amides is 1. The summed E-state index contributed by atoms with van der Waals surface area (Å²) in [5.74, 6) is -0.762. The van der Waals surface area contributed by atoms with Gasteiger partial charge in [0.05, 0.1) is 6.61 Å². The third-order valence-corrected chi connectivity index (χ3v) is 3.32. The Labute approximate surface area is 124 Å². The monoisotopic (exact) mass is 289 g/mol. The second-order valence-electron chi connectivity index (χ2n) is 4.80. The largest absolute Gasteiger partial charge is 0.454 e. The third kappa shape index (κ3) is 3.70. The van der Waals surface area contributed by atoms with E-state index in [-0.39, 0.29) is 19.1 Å². The molecular formula is C16H19NO4. The van der Waals surface area contributed by atoms with Gasteiger partial charge < -0.3 is 14.4 Å². The van der Waals surface area contributed by atoms with Crippen molar-refractivity contribution in [2.75, 3.05) is 24.7 Å². The zero-order chi connectivity index (χ0) is 15.2. The Hall–Kier alpha value is -2.14. The zero-order valence-corrected chi connectivity index (χ0v) is 12.1. The Morgan fingerprint density at radius 1 is 1.43 bits per heavy atom. The molecule has 1 aromatic carbocycles. The molecule has 0 aromatic heterocycles. The van der Waals surface area contributed by atoms with E-state index in [1.165, 1.54) is 0 Å². The van der Waals surface area contributed by atoms with Crippen LogP contribution in [0.3, 0.4) is 0 Å². The number of carbonyl (C=O) groups excluding carboxylic acids is 2. The number of hydrogen-bond acceptors (Lipinski definition) is 4. The van der Waals surface area contributed by atoms with Crippen molar-refractivity contribution in [1.82, 2.24) is 0 Å². The number of ether oxygens (including phenoxy) is 2. The average Bonchev–Trinajstić information content (AvgIpc) is 2.93. The molecule has 5 nitrogen and oxygen atoms in total. The number of fused-ring (bicyclic) bond motifs is 1. The van der Waals surface area contributed by atoms with E-state index in [0.717, 1.165) is 17.7 Å². The summed E-state index contributed by atoms with van der Waals surface area (Å²) in [6, 6.07) is 7.74. The van der Waals surface area contributed by atoms with E-state index in [1.807, 2.05) is 24.3 Å². The van der Waals surface area contributed by atoms with E-state index in [9.17, 15) is 9.59 Å². The van der Waals surface area contributed by atoms with Crippen molar-refractivity contribution in [1.29, 1.82) is 0 Å². The fourth-order valence-electron chi connectivity index (χ4n) is 2.21. The number of benzene rings is 1. The van der Waals surface area contributed by atoms with E-state index >= 15 is 0 Å². The first kappa shape index (κ1) is 15.3. The number of carbonyl (C=O) groups is 2. The van der Waals surface area contributed by atoms with Gasteiger partial charge in [-0.2, -0.15) is 0 Å². The number of para-hydroxylation sites is 1. The molecule has 1 amide bonds. The molecule has 1 aliphatic heterocycles. The van der Waals surface area contributed by atoms with Gasteiger partial charge in [0.1, 0.15) is 0 Å². The van der Waals surface area contributed by atoms with Crippen molar-refractivity contribution < 1.29 is 19.1 Å². The van der Waals surface area contributed by atoms with E-state index < -0.39 is 12.1 Å². The van der Waals surface area contributed by atoms with Crippen molar-refractivity contribution >= 4 is 17.6 Å². The van der Waals surface area contributed by atoms with E-state index in [4.69, 9.17) is 9.47 Å². The SMILES string of the molecule is C=CCOC(C)C(=O)OCC(=O)N1CCc2ccccc21. The van der Waals surface area contributed by atoms with Crippen LogP contribution in [0.4, 0.5) is 5.69 Å². The highest BCUT2D eigenvalue weighted by molar-refractivity contribution is 5.97. The predicted octanol–water partition coefficient (Wildman–Crippen LogP) is 1.71. The van der Waals surface area contributed by atoms with Gasteiger partial charge in [-0.3, -0.25) is 4.79 Å². The molecule has 0 N–H and O–H groups in total. The lowest BCUT2D eigenvalue weighted by molar-refractivity contribution is -0.157. The Morgan fingerprint density at radius 3 is 2.95 bits per heavy atom. The first-order valence-corrected chi connectivity index (χ1v) is 6.91. The maximum Gasteiger partial charge on any atom is 0.335 e. The number of rotatable bonds is 6.